The molecule has 0 saturated heterocycles. The van der Waals surface area contributed by atoms with Gasteiger partial charge in [0, 0.05) is 25.2 Å². The molecule has 0 aliphatic heterocycles. The zero-order valence-corrected chi connectivity index (χ0v) is 10.6. The lowest BCUT2D eigenvalue weighted by Crippen LogP contribution is -2.30. The highest BCUT2D eigenvalue weighted by atomic mass is 16.2. The molecule has 0 aromatic carbocycles. The Morgan fingerprint density at radius 3 is 2.38 bits per heavy atom. The summed E-state index contributed by atoms with van der Waals surface area (Å²) in [5, 5.41) is 7.07. The fourth-order valence-corrected chi connectivity index (χ4v) is 1.91. The minimum absolute atomic E-state index is 0.227. The molecule has 4 nitrogen and oxygen atoms in total. The summed E-state index contributed by atoms with van der Waals surface area (Å²) >= 11 is 0. The highest BCUT2D eigenvalue weighted by Gasteiger charge is 2.12. The predicted octanol–water partition coefficient (Wildman–Crippen LogP) is 1.83. The second kappa shape index (κ2) is 5.68. The lowest BCUT2D eigenvalue weighted by molar-refractivity contribution is -0.130. The molecule has 1 rings (SSSR count). The molecule has 0 unspecified atom stereocenters. The molecule has 0 radical (unpaired) electrons. The zero-order chi connectivity index (χ0) is 12.1. The van der Waals surface area contributed by atoms with Crippen molar-refractivity contribution in [2.24, 2.45) is 0 Å². The molecule has 0 atom stereocenters. The monoisotopic (exact) mass is 223 g/mol. The van der Waals surface area contributed by atoms with Gasteiger partial charge in [0.15, 0.2) is 0 Å². The Morgan fingerprint density at radius 1 is 1.31 bits per heavy atom. The van der Waals surface area contributed by atoms with E-state index < -0.39 is 0 Å². The van der Waals surface area contributed by atoms with E-state index in [9.17, 15) is 4.79 Å². The Balaban J connectivity index is 2.55. The van der Waals surface area contributed by atoms with Crippen molar-refractivity contribution in [2.45, 2.75) is 40.5 Å². The van der Waals surface area contributed by atoms with Gasteiger partial charge < -0.3 is 4.90 Å². The number of aromatic nitrogens is 2. The second-order valence-corrected chi connectivity index (χ2v) is 3.98. The van der Waals surface area contributed by atoms with Crippen LogP contribution in [0.15, 0.2) is 0 Å². The lowest BCUT2D eigenvalue weighted by Gasteiger charge is -2.18. The summed E-state index contributed by atoms with van der Waals surface area (Å²) in [5.74, 6) is 0.227. The van der Waals surface area contributed by atoms with E-state index in [1.54, 1.807) is 0 Å². The van der Waals surface area contributed by atoms with E-state index in [1.165, 1.54) is 5.56 Å². The first-order valence-electron chi connectivity index (χ1n) is 5.88. The maximum absolute atomic E-state index is 11.8. The number of aryl methyl sites for hydroxylation is 2. The van der Waals surface area contributed by atoms with Gasteiger partial charge in [-0.15, -0.1) is 0 Å². The highest BCUT2D eigenvalue weighted by Crippen LogP contribution is 2.12. The van der Waals surface area contributed by atoms with Gasteiger partial charge in [-0.05, 0) is 39.7 Å². The molecule has 1 aromatic heterocycles. The van der Waals surface area contributed by atoms with Crippen LogP contribution in [0.2, 0.25) is 0 Å². The van der Waals surface area contributed by atoms with Crippen LogP contribution in [0, 0.1) is 13.8 Å². The van der Waals surface area contributed by atoms with Crippen molar-refractivity contribution in [2.75, 3.05) is 13.1 Å². The standard InChI is InChI=1S/C12H21N3O/c1-5-15(6-2)12(16)8-7-11-9(3)13-14-10(11)4/h5-8H2,1-4H3,(H,13,14). The smallest absolute Gasteiger partial charge is 0.222 e. The van der Waals surface area contributed by atoms with E-state index >= 15 is 0 Å². The Bertz CT molecular complexity index is 334. The van der Waals surface area contributed by atoms with Crippen molar-refractivity contribution in [1.29, 1.82) is 0 Å². The Labute approximate surface area is 97.0 Å². The van der Waals surface area contributed by atoms with Gasteiger partial charge >= 0.3 is 0 Å². The number of amides is 1. The van der Waals surface area contributed by atoms with Crippen molar-refractivity contribution in [1.82, 2.24) is 15.1 Å². The maximum Gasteiger partial charge on any atom is 0.222 e. The molecule has 90 valence electrons. The van der Waals surface area contributed by atoms with E-state index in [2.05, 4.69) is 10.2 Å². The van der Waals surface area contributed by atoms with Gasteiger partial charge in [-0.25, -0.2) is 0 Å². The molecule has 4 heteroatoms. The number of carbonyl (C=O) groups is 1. The molecule has 1 N–H and O–H groups in total. The summed E-state index contributed by atoms with van der Waals surface area (Å²) < 4.78 is 0. The molecular formula is C12H21N3O. The van der Waals surface area contributed by atoms with Gasteiger partial charge in [-0.2, -0.15) is 5.10 Å². The van der Waals surface area contributed by atoms with Gasteiger partial charge in [0.1, 0.15) is 0 Å². The van der Waals surface area contributed by atoms with Crippen molar-refractivity contribution >= 4 is 5.91 Å². The van der Waals surface area contributed by atoms with Crippen LogP contribution in [-0.4, -0.2) is 34.1 Å². The van der Waals surface area contributed by atoms with Crippen LogP contribution in [0.4, 0.5) is 0 Å². The van der Waals surface area contributed by atoms with Crippen LogP contribution in [0.5, 0.6) is 0 Å². The summed E-state index contributed by atoms with van der Waals surface area (Å²) in [6, 6.07) is 0. The van der Waals surface area contributed by atoms with Crippen LogP contribution in [-0.2, 0) is 11.2 Å². The van der Waals surface area contributed by atoms with Gasteiger partial charge in [0.25, 0.3) is 0 Å². The summed E-state index contributed by atoms with van der Waals surface area (Å²) in [7, 11) is 0. The quantitative estimate of drug-likeness (QED) is 0.828. The normalized spacial score (nSPS) is 10.5. The largest absolute Gasteiger partial charge is 0.343 e. The van der Waals surface area contributed by atoms with E-state index in [1.807, 2.05) is 32.6 Å². The number of rotatable bonds is 5. The van der Waals surface area contributed by atoms with Crippen LogP contribution in [0.3, 0.4) is 0 Å². The van der Waals surface area contributed by atoms with Gasteiger partial charge in [0.2, 0.25) is 5.91 Å². The first-order chi connectivity index (χ1) is 7.60. The van der Waals surface area contributed by atoms with Gasteiger partial charge in [-0.3, -0.25) is 9.89 Å². The van der Waals surface area contributed by atoms with Gasteiger partial charge in [-0.1, -0.05) is 0 Å². The third-order valence-corrected chi connectivity index (χ3v) is 2.99. The fraction of sp³-hybridized carbons (Fsp3) is 0.667. The molecule has 0 aliphatic carbocycles. The average Bonchev–Trinajstić information content (AvgIpc) is 2.58. The fourth-order valence-electron chi connectivity index (χ4n) is 1.91. The highest BCUT2D eigenvalue weighted by molar-refractivity contribution is 5.76. The minimum atomic E-state index is 0.227. The van der Waals surface area contributed by atoms with Crippen molar-refractivity contribution in [3.8, 4) is 0 Å². The number of nitrogens with zero attached hydrogens (tertiary/aromatic N) is 2. The molecule has 0 fully saturated rings. The van der Waals surface area contributed by atoms with Crippen molar-refractivity contribution in [3.63, 3.8) is 0 Å². The molecule has 1 heterocycles. The zero-order valence-electron chi connectivity index (χ0n) is 10.6. The maximum atomic E-state index is 11.8. The van der Waals surface area contributed by atoms with Crippen LogP contribution < -0.4 is 0 Å². The minimum Gasteiger partial charge on any atom is -0.343 e. The number of hydrogen-bond acceptors (Lipinski definition) is 2. The van der Waals surface area contributed by atoms with Gasteiger partial charge in [0.05, 0.1) is 5.69 Å². The number of carbonyl (C=O) groups excluding carboxylic acids is 1. The third kappa shape index (κ3) is 2.84. The van der Waals surface area contributed by atoms with Crippen molar-refractivity contribution in [3.05, 3.63) is 17.0 Å². The van der Waals surface area contributed by atoms with E-state index in [4.69, 9.17) is 0 Å². The SMILES string of the molecule is CCN(CC)C(=O)CCc1c(C)n[nH]c1C. The molecule has 1 amide bonds. The summed E-state index contributed by atoms with van der Waals surface area (Å²) in [6.45, 7) is 9.57. The third-order valence-electron chi connectivity index (χ3n) is 2.99. The molecule has 0 spiro atoms. The van der Waals surface area contributed by atoms with E-state index in [0.717, 1.165) is 30.9 Å². The average molecular weight is 223 g/mol. The Kier molecular flexibility index (Phi) is 4.52. The van der Waals surface area contributed by atoms with Crippen LogP contribution in [0.25, 0.3) is 0 Å². The number of H-pyrrole nitrogens is 1. The number of aromatic amines is 1. The molecule has 0 bridgehead atoms. The summed E-state index contributed by atoms with van der Waals surface area (Å²) in [4.78, 5) is 13.7. The molecule has 0 saturated carbocycles. The van der Waals surface area contributed by atoms with E-state index in [-0.39, 0.29) is 5.91 Å². The molecule has 16 heavy (non-hydrogen) atoms. The second-order valence-electron chi connectivity index (χ2n) is 3.98. The Hall–Kier alpha value is -1.32. The topological polar surface area (TPSA) is 49.0 Å². The van der Waals surface area contributed by atoms with Crippen molar-refractivity contribution < 1.29 is 4.79 Å². The lowest BCUT2D eigenvalue weighted by atomic mass is 10.1. The number of hydrogen-bond donors (Lipinski definition) is 1. The predicted molar refractivity (Wildman–Crippen MR) is 64.3 cm³/mol. The molecular weight excluding hydrogens is 202 g/mol. The Morgan fingerprint density at radius 2 is 1.94 bits per heavy atom. The number of nitrogens with one attached hydrogen (secondary N) is 1. The van der Waals surface area contributed by atoms with E-state index in [0.29, 0.717) is 6.42 Å². The summed E-state index contributed by atoms with van der Waals surface area (Å²) in [5.41, 5.74) is 3.26. The summed E-state index contributed by atoms with van der Waals surface area (Å²) in [6.07, 6.45) is 1.35. The molecule has 0 aliphatic rings. The van der Waals surface area contributed by atoms with Crippen LogP contribution >= 0.6 is 0 Å². The first kappa shape index (κ1) is 12.7. The molecule has 1 aromatic rings. The first-order valence-corrected chi connectivity index (χ1v) is 5.88. The van der Waals surface area contributed by atoms with Crippen LogP contribution in [0.1, 0.15) is 37.2 Å².